The van der Waals surface area contributed by atoms with Crippen molar-refractivity contribution < 1.29 is 27.9 Å². The zero-order chi connectivity index (χ0) is 18.5. The Kier molecular flexibility index (Phi) is 3.78. The molecule has 1 atom stereocenters. The fourth-order valence-corrected chi connectivity index (χ4v) is 3.21. The standard InChI is InChI=1S/C17H15F3N2O3/c18-17(19,20)16(14(24)25)7-8-22(10-16)13(23)11-1-3-12(4-2-11)15(9-21)5-6-15/h1-4H,5-8,10H2,(H,24,25). The highest BCUT2D eigenvalue weighted by Gasteiger charge is 2.64. The van der Waals surface area contributed by atoms with Crippen molar-refractivity contribution in [3.05, 3.63) is 35.4 Å². The number of carboxylic acid groups (broad SMARTS) is 1. The first-order chi connectivity index (χ1) is 11.7. The Hall–Kier alpha value is -2.56. The van der Waals surface area contributed by atoms with Crippen molar-refractivity contribution in [3.63, 3.8) is 0 Å². The number of nitriles is 1. The maximum absolute atomic E-state index is 13.2. The predicted molar refractivity (Wildman–Crippen MR) is 79.6 cm³/mol. The van der Waals surface area contributed by atoms with Crippen molar-refractivity contribution in [1.29, 1.82) is 5.26 Å². The largest absolute Gasteiger partial charge is 0.481 e. The molecule has 132 valence electrons. The molecule has 1 aliphatic carbocycles. The average molecular weight is 352 g/mol. The minimum atomic E-state index is -4.93. The Balaban J connectivity index is 1.79. The molecule has 1 aliphatic heterocycles. The number of carbonyl (C=O) groups is 2. The molecule has 1 aromatic carbocycles. The predicted octanol–water partition coefficient (Wildman–Crippen LogP) is 2.72. The number of amides is 1. The Morgan fingerprint density at radius 2 is 1.76 bits per heavy atom. The number of carbonyl (C=O) groups excluding carboxylic acids is 1. The lowest BCUT2D eigenvalue weighted by molar-refractivity contribution is -0.227. The first-order valence-electron chi connectivity index (χ1n) is 7.76. The number of likely N-dealkylation sites (tertiary alicyclic amines) is 1. The quantitative estimate of drug-likeness (QED) is 0.907. The van der Waals surface area contributed by atoms with Gasteiger partial charge in [-0.05, 0) is 37.0 Å². The highest BCUT2D eigenvalue weighted by molar-refractivity contribution is 5.95. The topological polar surface area (TPSA) is 81.4 Å². The summed E-state index contributed by atoms with van der Waals surface area (Å²) in [5.41, 5.74) is -2.46. The maximum atomic E-state index is 13.2. The molecule has 0 aromatic heterocycles. The number of aliphatic carboxylic acids is 1. The van der Waals surface area contributed by atoms with Gasteiger partial charge in [0.2, 0.25) is 0 Å². The van der Waals surface area contributed by atoms with Crippen molar-refractivity contribution in [2.75, 3.05) is 13.1 Å². The van der Waals surface area contributed by atoms with Crippen molar-refractivity contribution >= 4 is 11.9 Å². The fraction of sp³-hybridized carbons (Fsp3) is 0.471. The van der Waals surface area contributed by atoms with Gasteiger partial charge in [0.15, 0.2) is 5.41 Å². The molecule has 5 nitrogen and oxygen atoms in total. The lowest BCUT2D eigenvalue weighted by Crippen LogP contribution is -2.47. The highest BCUT2D eigenvalue weighted by Crippen LogP contribution is 2.48. The summed E-state index contributed by atoms with van der Waals surface area (Å²) in [6, 6.07) is 8.44. The Morgan fingerprint density at radius 3 is 2.16 bits per heavy atom. The van der Waals surface area contributed by atoms with Crippen LogP contribution in [-0.4, -0.2) is 41.1 Å². The van der Waals surface area contributed by atoms with Crippen LogP contribution in [0.5, 0.6) is 0 Å². The van der Waals surface area contributed by atoms with Crippen LogP contribution in [0.15, 0.2) is 24.3 Å². The van der Waals surface area contributed by atoms with Crippen LogP contribution in [0.1, 0.15) is 35.2 Å². The van der Waals surface area contributed by atoms with Crippen molar-refractivity contribution in [2.24, 2.45) is 5.41 Å². The van der Waals surface area contributed by atoms with E-state index in [0.29, 0.717) is 0 Å². The Bertz CT molecular complexity index is 763. The number of hydrogen-bond donors (Lipinski definition) is 1. The number of alkyl halides is 3. The SMILES string of the molecule is N#CC1(c2ccc(C(=O)N3CCC(C(=O)O)(C(F)(F)F)C3)cc2)CC1. The summed E-state index contributed by atoms with van der Waals surface area (Å²) in [5.74, 6) is -2.60. The molecule has 0 bridgehead atoms. The van der Waals surface area contributed by atoms with Gasteiger partial charge in [-0.1, -0.05) is 12.1 Å². The Labute approximate surface area is 141 Å². The highest BCUT2D eigenvalue weighted by atomic mass is 19.4. The molecule has 1 N–H and O–H groups in total. The van der Waals surface area contributed by atoms with E-state index in [1.165, 1.54) is 12.1 Å². The van der Waals surface area contributed by atoms with Crippen LogP contribution in [0.4, 0.5) is 13.2 Å². The second-order valence-corrected chi connectivity index (χ2v) is 6.63. The van der Waals surface area contributed by atoms with Gasteiger partial charge in [-0.2, -0.15) is 18.4 Å². The molecule has 1 amide bonds. The van der Waals surface area contributed by atoms with Gasteiger partial charge in [0.05, 0.1) is 11.5 Å². The molecule has 2 fully saturated rings. The molecule has 25 heavy (non-hydrogen) atoms. The van der Waals surface area contributed by atoms with Gasteiger partial charge in [-0.3, -0.25) is 9.59 Å². The van der Waals surface area contributed by atoms with E-state index in [2.05, 4.69) is 6.07 Å². The minimum absolute atomic E-state index is 0.181. The lowest BCUT2D eigenvalue weighted by atomic mass is 9.86. The zero-order valence-electron chi connectivity index (χ0n) is 13.1. The van der Waals surface area contributed by atoms with Gasteiger partial charge in [0.25, 0.3) is 5.91 Å². The summed E-state index contributed by atoms with van der Waals surface area (Å²) < 4.78 is 39.6. The van der Waals surface area contributed by atoms with Crippen LogP contribution < -0.4 is 0 Å². The summed E-state index contributed by atoms with van der Waals surface area (Å²) in [6.07, 6.45) is -4.10. The van der Waals surface area contributed by atoms with E-state index < -0.39 is 41.8 Å². The van der Waals surface area contributed by atoms with E-state index in [0.717, 1.165) is 23.3 Å². The van der Waals surface area contributed by atoms with Gasteiger partial charge >= 0.3 is 12.1 Å². The summed E-state index contributed by atoms with van der Waals surface area (Å²) in [7, 11) is 0. The first-order valence-corrected chi connectivity index (χ1v) is 7.76. The molecule has 1 unspecified atom stereocenters. The number of hydrogen-bond acceptors (Lipinski definition) is 3. The van der Waals surface area contributed by atoms with Crippen molar-refractivity contribution in [3.8, 4) is 6.07 Å². The molecule has 3 rings (SSSR count). The molecule has 0 spiro atoms. The van der Waals surface area contributed by atoms with Gasteiger partial charge in [-0.15, -0.1) is 0 Å². The summed E-state index contributed by atoms with van der Waals surface area (Å²) >= 11 is 0. The number of carboxylic acids is 1. The third kappa shape index (κ3) is 2.64. The van der Waals surface area contributed by atoms with Crippen LogP contribution in [0.25, 0.3) is 0 Å². The van der Waals surface area contributed by atoms with Gasteiger partial charge < -0.3 is 10.0 Å². The third-order valence-corrected chi connectivity index (χ3v) is 5.16. The van der Waals surface area contributed by atoms with Crippen molar-refractivity contribution in [1.82, 2.24) is 4.90 Å². The van der Waals surface area contributed by atoms with Gasteiger partial charge in [-0.25, -0.2) is 0 Å². The number of benzene rings is 1. The van der Waals surface area contributed by atoms with E-state index in [1.54, 1.807) is 12.1 Å². The molecule has 0 radical (unpaired) electrons. The van der Waals surface area contributed by atoms with E-state index in [1.807, 2.05) is 0 Å². The zero-order valence-corrected chi connectivity index (χ0v) is 13.1. The van der Waals surface area contributed by atoms with E-state index in [4.69, 9.17) is 10.4 Å². The van der Waals surface area contributed by atoms with Crippen LogP contribution >= 0.6 is 0 Å². The average Bonchev–Trinajstić information content (AvgIpc) is 3.22. The fourth-order valence-electron chi connectivity index (χ4n) is 3.21. The maximum Gasteiger partial charge on any atom is 0.406 e. The monoisotopic (exact) mass is 352 g/mol. The van der Waals surface area contributed by atoms with E-state index in [9.17, 15) is 22.8 Å². The van der Waals surface area contributed by atoms with E-state index in [-0.39, 0.29) is 12.1 Å². The van der Waals surface area contributed by atoms with Crippen LogP contribution in [0, 0.1) is 16.7 Å². The smallest absolute Gasteiger partial charge is 0.406 e. The van der Waals surface area contributed by atoms with Gasteiger partial charge in [0, 0.05) is 18.7 Å². The molecule has 1 heterocycles. The molecule has 1 saturated heterocycles. The summed E-state index contributed by atoms with van der Waals surface area (Å²) in [4.78, 5) is 24.5. The van der Waals surface area contributed by atoms with E-state index >= 15 is 0 Å². The summed E-state index contributed by atoms with van der Waals surface area (Å²) in [6.45, 7) is -1.16. The molecule has 1 saturated carbocycles. The molecule has 2 aliphatic rings. The number of nitrogens with zero attached hydrogens (tertiary/aromatic N) is 2. The lowest BCUT2D eigenvalue weighted by Gasteiger charge is -2.27. The first kappa shape index (κ1) is 17.3. The molecule has 1 aromatic rings. The molecular formula is C17H15F3N2O3. The second-order valence-electron chi connectivity index (χ2n) is 6.63. The van der Waals surface area contributed by atoms with Crippen LogP contribution in [0.2, 0.25) is 0 Å². The number of rotatable bonds is 3. The van der Waals surface area contributed by atoms with Gasteiger partial charge in [0.1, 0.15) is 0 Å². The third-order valence-electron chi connectivity index (χ3n) is 5.16. The molecule has 8 heteroatoms. The Morgan fingerprint density at radius 1 is 1.16 bits per heavy atom. The molecular weight excluding hydrogens is 337 g/mol. The second kappa shape index (κ2) is 5.48. The summed E-state index contributed by atoms with van der Waals surface area (Å²) in [5, 5.41) is 18.2. The minimum Gasteiger partial charge on any atom is -0.481 e. The normalized spacial score (nSPS) is 24.6. The van der Waals surface area contributed by atoms with Crippen molar-refractivity contribution in [2.45, 2.75) is 30.9 Å². The van der Waals surface area contributed by atoms with Crippen LogP contribution in [-0.2, 0) is 10.2 Å². The van der Waals surface area contributed by atoms with Crippen LogP contribution in [0.3, 0.4) is 0 Å². The number of halogens is 3.